The van der Waals surface area contributed by atoms with E-state index in [9.17, 15) is 15.3 Å². The van der Waals surface area contributed by atoms with Crippen LogP contribution < -0.4 is 5.32 Å². The average Bonchev–Trinajstić information content (AvgIpc) is 2.46. The van der Waals surface area contributed by atoms with E-state index in [1.54, 1.807) is 0 Å². The van der Waals surface area contributed by atoms with Crippen molar-refractivity contribution in [3.63, 3.8) is 0 Å². The summed E-state index contributed by atoms with van der Waals surface area (Å²) in [5.74, 6) is 0. The molecule has 5 atom stereocenters. The van der Waals surface area contributed by atoms with E-state index in [1.807, 2.05) is 31.2 Å². The summed E-state index contributed by atoms with van der Waals surface area (Å²) in [5, 5.41) is 32.6. The van der Waals surface area contributed by atoms with E-state index in [0.717, 1.165) is 11.3 Å². The molecular formula is C14H21NO5. The summed E-state index contributed by atoms with van der Waals surface area (Å²) < 4.78 is 10.3. The minimum absolute atomic E-state index is 0.347. The maximum atomic E-state index is 10.2. The molecule has 1 fully saturated rings. The number of benzene rings is 1. The Bertz CT molecular complexity index is 408. The average molecular weight is 283 g/mol. The third kappa shape index (κ3) is 3.11. The van der Waals surface area contributed by atoms with Gasteiger partial charge in [0, 0.05) is 12.8 Å². The lowest BCUT2D eigenvalue weighted by atomic mass is 9.96. The number of aliphatic hydroxyl groups is 3. The van der Waals surface area contributed by atoms with Gasteiger partial charge in [0.2, 0.25) is 0 Å². The lowest BCUT2D eigenvalue weighted by Crippen LogP contribution is -2.61. The van der Waals surface area contributed by atoms with Gasteiger partial charge in [0.25, 0.3) is 0 Å². The molecule has 20 heavy (non-hydrogen) atoms. The summed E-state index contributed by atoms with van der Waals surface area (Å²) in [5.41, 5.74) is 1.89. The van der Waals surface area contributed by atoms with Gasteiger partial charge in [-0.05, 0) is 19.1 Å². The van der Waals surface area contributed by atoms with E-state index in [0.29, 0.717) is 0 Å². The lowest BCUT2D eigenvalue weighted by molar-refractivity contribution is -0.265. The summed E-state index contributed by atoms with van der Waals surface area (Å²) in [6, 6.07) is 6.89. The molecule has 1 heterocycles. The minimum Gasteiger partial charge on any atom is -0.394 e. The van der Waals surface area contributed by atoms with Crippen molar-refractivity contribution >= 4 is 5.69 Å². The number of hydrogen-bond donors (Lipinski definition) is 4. The van der Waals surface area contributed by atoms with E-state index in [2.05, 4.69) is 5.32 Å². The first-order chi connectivity index (χ1) is 9.56. The van der Waals surface area contributed by atoms with Crippen LogP contribution in [0, 0.1) is 6.92 Å². The summed E-state index contributed by atoms with van der Waals surface area (Å²) in [6.45, 7) is 1.63. The van der Waals surface area contributed by atoms with E-state index < -0.39 is 30.6 Å². The van der Waals surface area contributed by atoms with Crippen LogP contribution in [-0.2, 0) is 9.47 Å². The third-order valence-electron chi connectivity index (χ3n) is 3.50. The van der Waals surface area contributed by atoms with Gasteiger partial charge in [-0.2, -0.15) is 0 Å². The van der Waals surface area contributed by atoms with Crippen LogP contribution in [0.2, 0.25) is 0 Å². The van der Waals surface area contributed by atoms with Crippen LogP contribution in [0.15, 0.2) is 24.3 Å². The first-order valence-electron chi connectivity index (χ1n) is 6.55. The van der Waals surface area contributed by atoms with Crippen LogP contribution in [0.3, 0.4) is 0 Å². The summed E-state index contributed by atoms with van der Waals surface area (Å²) >= 11 is 0. The Hall–Kier alpha value is -1.18. The molecule has 0 unspecified atom stereocenters. The summed E-state index contributed by atoms with van der Waals surface area (Å²) in [6.07, 6.45) is -3.77. The second kappa shape index (κ2) is 6.51. The van der Waals surface area contributed by atoms with Gasteiger partial charge in [0.05, 0.1) is 12.6 Å². The fourth-order valence-electron chi connectivity index (χ4n) is 2.29. The van der Waals surface area contributed by atoms with Crippen molar-refractivity contribution in [1.29, 1.82) is 0 Å². The Morgan fingerprint density at radius 1 is 1.20 bits per heavy atom. The van der Waals surface area contributed by atoms with Crippen LogP contribution in [0.5, 0.6) is 0 Å². The Labute approximate surface area is 118 Å². The first-order valence-corrected chi connectivity index (χ1v) is 6.55. The second-order valence-electron chi connectivity index (χ2n) is 4.98. The van der Waals surface area contributed by atoms with Gasteiger partial charge in [-0.15, -0.1) is 0 Å². The quantitative estimate of drug-likeness (QED) is 0.615. The molecule has 1 aromatic carbocycles. The Balaban J connectivity index is 2.15. The van der Waals surface area contributed by atoms with Gasteiger partial charge in [-0.1, -0.05) is 17.7 Å². The molecule has 0 amide bonds. The highest BCUT2D eigenvalue weighted by molar-refractivity contribution is 5.46. The smallest absolute Gasteiger partial charge is 0.185 e. The van der Waals surface area contributed by atoms with Crippen molar-refractivity contribution in [2.24, 2.45) is 0 Å². The largest absolute Gasteiger partial charge is 0.394 e. The van der Waals surface area contributed by atoms with Gasteiger partial charge in [0.1, 0.15) is 18.3 Å². The van der Waals surface area contributed by atoms with E-state index >= 15 is 0 Å². The molecule has 6 heteroatoms. The highest BCUT2D eigenvalue weighted by Crippen LogP contribution is 2.24. The number of aliphatic hydroxyl groups excluding tert-OH is 3. The SMILES string of the molecule is CO[C@@H]1O[C@H](CO)[C@H](O)[C@H](Nc2ccc(C)cc2)[C@H]1O. The first kappa shape index (κ1) is 15.2. The molecule has 0 radical (unpaired) electrons. The Morgan fingerprint density at radius 3 is 2.40 bits per heavy atom. The zero-order valence-electron chi connectivity index (χ0n) is 11.6. The maximum Gasteiger partial charge on any atom is 0.185 e. The summed E-state index contributed by atoms with van der Waals surface area (Å²) in [4.78, 5) is 0. The molecule has 1 aromatic rings. The van der Waals surface area contributed by atoms with Crippen LogP contribution in [-0.4, -0.2) is 59.7 Å². The van der Waals surface area contributed by atoms with E-state index in [4.69, 9.17) is 9.47 Å². The number of rotatable bonds is 4. The van der Waals surface area contributed by atoms with E-state index in [1.165, 1.54) is 7.11 Å². The second-order valence-corrected chi connectivity index (χ2v) is 4.98. The molecule has 4 N–H and O–H groups in total. The topological polar surface area (TPSA) is 91.2 Å². The van der Waals surface area contributed by atoms with Crippen molar-refractivity contribution < 1.29 is 24.8 Å². The van der Waals surface area contributed by atoms with Crippen LogP contribution in [0.4, 0.5) is 5.69 Å². The van der Waals surface area contributed by atoms with Crippen molar-refractivity contribution in [1.82, 2.24) is 0 Å². The van der Waals surface area contributed by atoms with Crippen molar-refractivity contribution in [3.05, 3.63) is 29.8 Å². The molecule has 1 aliphatic heterocycles. The van der Waals surface area contributed by atoms with Crippen LogP contribution in [0.1, 0.15) is 5.56 Å². The van der Waals surface area contributed by atoms with E-state index in [-0.39, 0.29) is 6.61 Å². The van der Waals surface area contributed by atoms with Gasteiger partial charge in [-0.25, -0.2) is 0 Å². The molecule has 1 saturated heterocycles. The molecule has 6 nitrogen and oxygen atoms in total. The zero-order chi connectivity index (χ0) is 14.7. The number of aryl methyl sites for hydroxylation is 1. The van der Waals surface area contributed by atoms with Gasteiger partial charge in [-0.3, -0.25) is 0 Å². The molecule has 0 aromatic heterocycles. The van der Waals surface area contributed by atoms with Gasteiger partial charge < -0.3 is 30.1 Å². The fourth-order valence-corrected chi connectivity index (χ4v) is 2.29. The highest BCUT2D eigenvalue weighted by atomic mass is 16.7. The zero-order valence-corrected chi connectivity index (χ0v) is 11.6. The minimum atomic E-state index is -1.04. The third-order valence-corrected chi connectivity index (χ3v) is 3.50. The molecule has 0 bridgehead atoms. The highest BCUT2D eigenvalue weighted by Gasteiger charge is 2.44. The molecule has 112 valence electrons. The molecule has 0 aliphatic carbocycles. The predicted octanol–water partition coefficient (Wildman–Crippen LogP) is -0.139. The Kier molecular flexibility index (Phi) is 4.95. The van der Waals surface area contributed by atoms with Gasteiger partial charge in [0.15, 0.2) is 6.29 Å². The lowest BCUT2D eigenvalue weighted by Gasteiger charge is -2.42. The molecule has 1 aliphatic rings. The number of anilines is 1. The van der Waals surface area contributed by atoms with Gasteiger partial charge >= 0.3 is 0 Å². The standard InChI is InChI=1S/C14H21NO5/c1-8-3-5-9(6-4-8)15-11-12(17)10(7-16)20-14(19-2)13(11)18/h3-6,10-18H,7H2,1-2H3/t10-,11+,12+,13-,14-/m1/s1. The van der Waals surface area contributed by atoms with Crippen LogP contribution in [0.25, 0.3) is 0 Å². The van der Waals surface area contributed by atoms with Crippen LogP contribution >= 0.6 is 0 Å². The Morgan fingerprint density at radius 2 is 1.85 bits per heavy atom. The number of hydrogen-bond acceptors (Lipinski definition) is 6. The number of ether oxygens (including phenoxy) is 2. The van der Waals surface area contributed by atoms with Crippen molar-refractivity contribution in [2.45, 2.75) is 37.6 Å². The molecule has 2 rings (SSSR count). The molecule has 0 spiro atoms. The monoisotopic (exact) mass is 283 g/mol. The summed E-state index contributed by atoms with van der Waals surface area (Å²) in [7, 11) is 1.41. The van der Waals surface area contributed by atoms with Crippen molar-refractivity contribution in [3.8, 4) is 0 Å². The maximum absolute atomic E-state index is 10.2. The number of methoxy groups -OCH3 is 1. The fraction of sp³-hybridized carbons (Fsp3) is 0.571. The van der Waals surface area contributed by atoms with Crippen molar-refractivity contribution in [2.75, 3.05) is 19.0 Å². The normalized spacial score (nSPS) is 34.0. The number of nitrogens with one attached hydrogen (secondary N) is 1. The predicted molar refractivity (Wildman–Crippen MR) is 73.4 cm³/mol. The molecular weight excluding hydrogens is 262 g/mol. The molecule has 0 saturated carbocycles.